The van der Waals surface area contributed by atoms with Crippen LogP contribution in [0.25, 0.3) is 11.2 Å². The van der Waals surface area contributed by atoms with Crippen molar-refractivity contribution in [3.63, 3.8) is 0 Å². The number of hydrogen-bond acceptors (Lipinski definition) is 3. The van der Waals surface area contributed by atoms with Gasteiger partial charge in [-0.05, 0) is 31.3 Å². The Bertz CT molecular complexity index is 561. The predicted octanol–water partition coefficient (Wildman–Crippen LogP) is 3.60. The Morgan fingerprint density at radius 1 is 1.25 bits per heavy atom. The van der Waals surface area contributed by atoms with Crippen LogP contribution >= 0.6 is 23.4 Å². The van der Waals surface area contributed by atoms with Gasteiger partial charge in [0.1, 0.15) is 11.3 Å². The molecule has 0 bridgehead atoms. The largest absolute Gasteiger partial charge is 0.312 e. The lowest BCUT2D eigenvalue weighted by atomic mass is 10.2. The van der Waals surface area contributed by atoms with Crippen molar-refractivity contribution in [2.24, 2.45) is 7.05 Å². The van der Waals surface area contributed by atoms with E-state index in [1.54, 1.807) is 0 Å². The van der Waals surface area contributed by atoms with Crippen LogP contribution in [0, 0.1) is 0 Å². The number of fused-ring (bicyclic) bond motifs is 1. The maximum absolute atomic E-state index is 6.05. The van der Waals surface area contributed by atoms with E-state index in [-0.39, 0.29) is 0 Å². The van der Waals surface area contributed by atoms with Crippen LogP contribution < -0.4 is 0 Å². The molecule has 0 unspecified atom stereocenters. The van der Waals surface area contributed by atoms with Gasteiger partial charge >= 0.3 is 0 Å². The maximum atomic E-state index is 6.05. The van der Waals surface area contributed by atoms with Crippen molar-refractivity contribution >= 4 is 34.5 Å². The van der Waals surface area contributed by atoms with Crippen LogP contribution in [0.15, 0.2) is 0 Å². The highest BCUT2D eigenvalue weighted by Gasteiger charge is 2.17. The van der Waals surface area contributed by atoms with Gasteiger partial charge in [-0.15, -0.1) is 11.6 Å². The molecule has 4 nitrogen and oxygen atoms in total. The summed E-state index contributed by atoms with van der Waals surface area (Å²) < 4.78 is 4.19. The van der Waals surface area contributed by atoms with Crippen LogP contribution in [-0.4, -0.2) is 31.3 Å². The molecular formula is C14H23ClN4S. The molecule has 112 valence electrons. The summed E-state index contributed by atoms with van der Waals surface area (Å²) in [4.78, 5) is 4.68. The molecule has 0 amide bonds. The molecule has 0 fully saturated rings. The number of nitrogens with zero attached hydrogens (tertiary/aromatic N) is 4. The Morgan fingerprint density at radius 2 is 2.05 bits per heavy atom. The number of thioether (sulfide) groups is 1. The molecule has 6 heteroatoms. The molecule has 2 heterocycles. The quantitative estimate of drug-likeness (QED) is 0.551. The fourth-order valence-corrected chi connectivity index (χ4v) is 3.25. The van der Waals surface area contributed by atoms with Crippen molar-refractivity contribution in [2.75, 3.05) is 12.0 Å². The van der Waals surface area contributed by atoms with Crippen LogP contribution in [0.3, 0.4) is 0 Å². The molecule has 2 rings (SSSR count). The highest BCUT2D eigenvalue weighted by atomic mass is 35.5. The molecule has 0 saturated heterocycles. The van der Waals surface area contributed by atoms with Crippen LogP contribution in [0.4, 0.5) is 0 Å². The van der Waals surface area contributed by atoms with Crippen LogP contribution in [0.5, 0.6) is 0 Å². The van der Waals surface area contributed by atoms with E-state index in [4.69, 9.17) is 11.6 Å². The van der Waals surface area contributed by atoms with E-state index in [2.05, 4.69) is 27.8 Å². The van der Waals surface area contributed by atoms with Gasteiger partial charge in [-0.25, -0.2) is 4.98 Å². The third kappa shape index (κ3) is 3.14. The zero-order chi connectivity index (χ0) is 14.5. The van der Waals surface area contributed by atoms with Crippen molar-refractivity contribution in [2.45, 2.75) is 45.0 Å². The summed E-state index contributed by atoms with van der Waals surface area (Å²) in [5.41, 5.74) is 3.20. The molecular weight excluding hydrogens is 292 g/mol. The van der Waals surface area contributed by atoms with Crippen molar-refractivity contribution in [3.8, 4) is 0 Å². The third-order valence-electron chi connectivity index (χ3n) is 3.56. The topological polar surface area (TPSA) is 35.6 Å². The van der Waals surface area contributed by atoms with E-state index in [1.165, 1.54) is 25.0 Å². The third-order valence-corrected chi connectivity index (χ3v) is 4.49. The molecule has 20 heavy (non-hydrogen) atoms. The minimum atomic E-state index is 0.461. The average Bonchev–Trinajstić information content (AvgIpc) is 2.96. The minimum Gasteiger partial charge on any atom is -0.312 e. The number of aryl methyl sites for hydroxylation is 3. The Labute approximate surface area is 129 Å². The molecule has 0 aliphatic carbocycles. The lowest BCUT2D eigenvalue weighted by molar-refractivity contribution is 0.586. The molecule has 0 aromatic carbocycles. The number of rotatable bonds is 8. The zero-order valence-electron chi connectivity index (χ0n) is 12.5. The van der Waals surface area contributed by atoms with Crippen LogP contribution in [0.2, 0.25) is 0 Å². The van der Waals surface area contributed by atoms with Gasteiger partial charge in [0.2, 0.25) is 0 Å². The Morgan fingerprint density at radius 3 is 2.70 bits per heavy atom. The Balaban J connectivity index is 2.19. The molecule has 0 aliphatic rings. The van der Waals surface area contributed by atoms with Gasteiger partial charge in [0.25, 0.3) is 0 Å². The molecule has 2 aromatic heterocycles. The van der Waals surface area contributed by atoms with Gasteiger partial charge in [0.05, 0.1) is 11.6 Å². The highest BCUT2D eigenvalue weighted by molar-refractivity contribution is 7.98. The smallest absolute Gasteiger partial charge is 0.158 e. The van der Waals surface area contributed by atoms with E-state index in [9.17, 15) is 0 Å². The first-order valence-corrected chi connectivity index (χ1v) is 9.11. The molecule has 2 aromatic rings. The number of alkyl halides is 1. The summed E-state index contributed by atoms with van der Waals surface area (Å²) in [6.07, 6.45) is 6.76. The Kier molecular flexibility index (Phi) is 5.78. The predicted molar refractivity (Wildman–Crippen MR) is 87.7 cm³/mol. The van der Waals surface area contributed by atoms with Gasteiger partial charge in [-0.1, -0.05) is 13.3 Å². The lowest BCUT2D eigenvalue weighted by Gasteiger charge is -2.08. The first-order valence-electron chi connectivity index (χ1n) is 7.18. The first kappa shape index (κ1) is 15.7. The van der Waals surface area contributed by atoms with Crippen molar-refractivity contribution in [1.82, 2.24) is 19.3 Å². The van der Waals surface area contributed by atoms with Gasteiger partial charge in [-0.3, -0.25) is 4.68 Å². The first-order chi connectivity index (χ1) is 9.72. The average molecular weight is 315 g/mol. The van der Waals surface area contributed by atoms with Crippen LogP contribution in [-0.2, 0) is 25.9 Å². The summed E-state index contributed by atoms with van der Waals surface area (Å²) in [6.45, 7) is 3.10. The van der Waals surface area contributed by atoms with E-state index in [0.717, 1.165) is 35.6 Å². The van der Waals surface area contributed by atoms with Crippen molar-refractivity contribution in [3.05, 3.63) is 11.5 Å². The number of hydrogen-bond donors (Lipinski definition) is 0. The van der Waals surface area contributed by atoms with E-state index in [0.29, 0.717) is 5.88 Å². The monoisotopic (exact) mass is 314 g/mol. The van der Waals surface area contributed by atoms with Crippen molar-refractivity contribution in [1.29, 1.82) is 0 Å². The zero-order valence-corrected chi connectivity index (χ0v) is 14.1. The van der Waals surface area contributed by atoms with E-state index in [1.807, 2.05) is 23.5 Å². The fraction of sp³-hybridized carbons (Fsp3) is 0.714. The van der Waals surface area contributed by atoms with E-state index < -0.39 is 0 Å². The lowest BCUT2D eigenvalue weighted by Crippen LogP contribution is -2.07. The summed E-state index contributed by atoms with van der Waals surface area (Å²) in [5.74, 6) is 2.67. The summed E-state index contributed by atoms with van der Waals surface area (Å²) in [7, 11) is 1.99. The molecule has 0 radical (unpaired) electrons. The highest BCUT2D eigenvalue weighted by Crippen LogP contribution is 2.22. The van der Waals surface area contributed by atoms with Crippen molar-refractivity contribution < 1.29 is 0 Å². The SMILES string of the molecule is CCc1nn(C)c2c1nc(CCl)n2CCCCCSC. The normalized spacial score (nSPS) is 11.6. The Hall–Kier alpha value is -0.680. The molecule has 0 spiro atoms. The number of aromatic nitrogens is 4. The summed E-state index contributed by atoms with van der Waals surface area (Å²) in [5, 5.41) is 4.55. The fourth-order valence-electron chi connectivity index (χ4n) is 2.56. The van der Waals surface area contributed by atoms with E-state index >= 15 is 0 Å². The number of unbranched alkanes of at least 4 members (excludes halogenated alkanes) is 2. The van der Waals surface area contributed by atoms with Gasteiger partial charge in [0, 0.05) is 13.6 Å². The van der Waals surface area contributed by atoms with Crippen LogP contribution in [0.1, 0.15) is 37.7 Å². The maximum Gasteiger partial charge on any atom is 0.158 e. The number of imidazole rings is 1. The summed E-state index contributed by atoms with van der Waals surface area (Å²) >= 11 is 7.97. The second kappa shape index (κ2) is 7.36. The molecule has 0 atom stereocenters. The molecule has 0 aliphatic heterocycles. The second-order valence-electron chi connectivity index (χ2n) is 4.96. The molecule has 0 N–H and O–H groups in total. The minimum absolute atomic E-state index is 0.461. The number of halogens is 1. The van der Waals surface area contributed by atoms with Gasteiger partial charge in [-0.2, -0.15) is 16.9 Å². The summed E-state index contributed by atoms with van der Waals surface area (Å²) in [6, 6.07) is 0. The van der Waals surface area contributed by atoms with Gasteiger partial charge < -0.3 is 4.57 Å². The molecule has 0 saturated carbocycles. The van der Waals surface area contributed by atoms with Gasteiger partial charge in [0.15, 0.2) is 5.65 Å². The second-order valence-corrected chi connectivity index (χ2v) is 6.22. The standard InChI is InChI=1S/C14H23ClN4S/c1-4-11-13-14(18(2)17-11)19(12(10-15)16-13)8-6-5-7-9-20-3/h4-10H2,1-3H3.